The smallest absolute Gasteiger partial charge is 0.244 e. The van der Waals surface area contributed by atoms with Gasteiger partial charge in [0.15, 0.2) is 0 Å². The first kappa shape index (κ1) is 17.8. The van der Waals surface area contributed by atoms with Gasteiger partial charge in [-0.2, -0.15) is 0 Å². The van der Waals surface area contributed by atoms with Crippen LogP contribution in [-0.2, 0) is 15.4 Å². The summed E-state index contributed by atoms with van der Waals surface area (Å²) in [6, 6.07) is 14.9. The van der Waals surface area contributed by atoms with Gasteiger partial charge in [-0.1, -0.05) is 36.8 Å². The zero-order valence-electron chi connectivity index (χ0n) is 14.5. The lowest BCUT2D eigenvalue weighted by Gasteiger charge is -2.42. The van der Waals surface area contributed by atoms with E-state index in [0.29, 0.717) is 18.0 Å². The van der Waals surface area contributed by atoms with Crippen molar-refractivity contribution in [2.24, 2.45) is 0 Å². The Morgan fingerprint density at radius 1 is 1.04 bits per heavy atom. The zero-order chi connectivity index (χ0) is 17.9. The van der Waals surface area contributed by atoms with Crippen molar-refractivity contribution < 1.29 is 17.9 Å². The summed E-state index contributed by atoms with van der Waals surface area (Å²) in [5.41, 5.74) is 1.06. The van der Waals surface area contributed by atoms with Crippen molar-refractivity contribution in [3.05, 3.63) is 54.1 Å². The van der Waals surface area contributed by atoms with Crippen molar-refractivity contribution in [1.82, 2.24) is 4.72 Å². The molecule has 6 heteroatoms. The third-order valence-electron chi connectivity index (χ3n) is 4.96. The molecule has 25 heavy (non-hydrogen) atoms. The maximum absolute atomic E-state index is 12.9. The van der Waals surface area contributed by atoms with Gasteiger partial charge in [-0.25, -0.2) is 13.1 Å². The van der Waals surface area contributed by atoms with E-state index in [-0.39, 0.29) is 10.3 Å². The Kier molecular flexibility index (Phi) is 5.01. The van der Waals surface area contributed by atoms with Crippen molar-refractivity contribution in [2.75, 3.05) is 20.8 Å². The molecule has 1 N–H and O–H groups in total. The first-order valence-corrected chi connectivity index (χ1v) is 9.76. The quantitative estimate of drug-likeness (QED) is 0.823. The van der Waals surface area contributed by atoms with Gasteiger partial charge >= 0.3 is 0 Å². The van der Waals surface area contributed by atoms with E-state index >= 15 is 0 Å². The molecule has 2 aromatic rings. The third-order valence-corrected chi connectivity index (χ3v) is 6.38. The fourth-order valence-corrected chi connectivity index (χ4v) is 4.58. The Labute approximate surface area is 149 Å². The number of hydrogen-bond donors (Lipinski definition) is 1. The summed E-state index contributed by atoms with van der Waals surface area (Å²) in [6.45, 7) is 0.375. The van der Waals surface area contributed by atoms with Gasteiger partial charge in [0.05, 0.1) is 14.2 Å². The van der Waals surface area contributed by atoms with Crippen molar-refractivity contribution in [1.29, 1.82) is 0 Å². The first-order valence-electron chi connectivity index (χ1n) is 8.28. The highest BCUT2D eigenvalue weighted by Gasteiger charge is 2.39. The molecule has 2 aromatic carbocycles. The largest absolute Gasteiger partial charge is 0.497 e. The summed E-state index contributed by atoms with van der Waals surface area (Å²) in [6.07, 6.45) is 3.07. The Morgan fingerprint density at radius 2 is 1.76 bits per heavy atom. The number of sulfonamides is 1. The van der Waals surface area contributed by atoms with E-state index in [1.165, 1.54) is 25.8 Å². The molecule has 1 aliphatic carbocycles. The van der Waals surface area contributed by atoms with E-state index in [9.17, 15) is 8.42 Å². The van der Waals surface area contributed by atoms with Crippen LogP contribution in [0.5, 0.6) is 11.5 Å². The van der Waals surface area contributed by atoms with Gasteiger partial charge < -0.3 is 9.47 Å². The highest BCUT2D eigenvalue weighted by atomic mass is 32.2. The van der Waals surface area contributed by atoms with E-state index in [1.54, 1.807) is 12.1 Å². The molecule has 1 saturated carbocycles. The fraction of sp³-hybridized carbons (Fsp3) is 0.368. The number of rotatable bonds is 7. The minimum absolute atomic E-state index is 0.0943. The molecule has 5 nitrogen and oxygen atoms in total. The Hall–Kier alpha value is -2.05. The van der Waals surface area contributed by atoms with Gasteiger partial charge in [0.2, 0.25) is 10.0 Å². The van der Waals surface area contributed by atoms with Crippen LogP contribution in [0.2, 0.25) is 0 Å². The maximum Gasteiger partial charge on any atom is 0.244 e. The third kappa shape index (κ3) is 3.50. The van der Waals surface area contributed by atoms with Crippen molar-refractivity contribution >= 4 is 10.0 Å². The molecule has 0 unspecified atom stereocenters. The van der Waals surface area contributed by atoms with E-state index in [4.69, 9.17) is 9.47 Å². The standard InChI is InChI=1S/C19H23NO4S/c1-23-16-9-10-17(24-2)18(13-16)25(21,22)20-14-19(11-6-12-19)15-7-4-3-5-8-15/h3-5,7-10,13,20H,6,11-12,14H2,1-2H3. The van der Waals surface area contributed by atoms with Gasteiger partial charge in [-0.15, -0.1) is 0 Å². The number of benzene rings is 2. The summed E-state index contributed by atoms with van der Waals surface area (Å²) in [5.74, 6) is 0.776. The summed E-state index contributed by atoms with van der Waals surface area (Å²) in [5, 5.41) is 0. The maximum atomic E-state index is 12.9. The Morgan fingerprint density at radius 3 is 2.32 bits per heavy atom. The molecule has 1 fully saturated rings. The SMILES string of the molecule is COc1ccc(OC)c(S(=O)(=O)NCC2(c3ccccc3)CCC2)c1. The molecule has 0 bridgehead atoms. The van der Waals surface area contributed by atoms with E-state index in [0.717, 1.165) is 19.3 Å². The lowest BCUT2D eigenvalue weighted by molar-refractivity contribution is 0.245. The number of ether oxygens (including phenoxy) is 2. The van der Waals surface area contributed by atoms with Gasteiger partial charge in [0, 0.05) is 18.0 Å². The molecule has 1 aliphatic rings. The van der Waals surface area contributed by atoms with E-state index in [2.05, 4.69) is 16.9 Å². The van der Waals surface area contributed by atoms with Crippen LogP contribution in [0, 0.1) is 0 Å². The molecule has 0 atom stereocenters. The average Bonchev–Trinajstić information content (AvgIpc) is 2.61. The van der Waals surface area contributed by atoms with Crippen LogP contribution < -0.4 is 14.2 Å². The van der Waals surface area contributed by atoms with E-state index in [1.807, 2.05) is 18.2 Å². The average molecular weight is 361 g/mol. The van der Waals surface area contributed by atoms with E-state index < -0.39 is 10.0 Å². The predicted octanol–water partition coefficient (Wildman–Crippen LogP) is 3.10. The number of methoxy groups -OCH3 is 2. The number of hydrogen-bond acceptors (Lipinski definition) is 4. The molecule has 0 saturated heterocycles. The molecular weight excluding hydrogens is 338 g/mol. The van der Waals surface area contributed by atoms with Gasteiger partial charge in [-0.05, 0) is 30.5 Å². The molecule has 134 valence electrons. The molecule has 0 aliphatic heterocycles. The minimum Gasteiger partial charge on any atom is -0.497 e. The fourth-order valence-electron chi connectivity index (χ4n) is 3.27. The van der Waals surface area contributed by atoms with Crippen LogP contribution in [0.3, 0.4) is 0 Å². The molecule has 0 spiro atoms. The minimum atomic E-state index is -3.71. The second-order valence-electron chi connectivity index (χ2n) is 6.34. The summed E-state index contributed by atoms with van der Waals surface area (Å²) < 4.78 is 38.8. The highest BCUT2D eigenvalue weighted by molar-refractivity contribution is 7.89. The monoisotopic (exact) mass is 361 g/mol. The van der Waals surface area contributed by atoms with Crippen LogP contribution >= 0.6 is 0 Å². The summed E-state index contributed by atoms with van der Waals surface area (Å²) in [4.78, 5) is 0.0943. The lowest BCUT2D eigenvalue weighted by Crippen LogP contribution is -2.45. The van der Waals surface area contributed by atoms with Gasteiger partial charge in [0.25, 0.3) is 0 Å². The van der Waals surface area contributed by atoms with Crippen LogP contribution in [0.4, 0.5) is 0 Å². The van der Waals surface area contributed by atoms with Crippen LogP contribution in [0.15, 0.2) is 53.4 Å². The number of nitrogens with one attached hydrogen (secondary N) is 1. The van der Waals surface area contributed by atoms with Crippen molar-refractivity contribution in [3.8, 4) is 11.5 Å². The van der Waals surface area contributed by atoms with Crippen molar-refractivity contribution in [2.45, 2.75) is 29.6 Å². The van der Waals surface area contributed by atoms with Crippen molar-refractivity contribution in [3.63, 3.8) is 0 Å². The predicted molar refractivity (Wildman–Crippen MR) is 96.7 cm³/mol. The van der Waals surface area contributed by atoms with Crippen LogP contribution in [0.1, 0.15) is 24.8 Å². The molecule has 0 heterocycles. The highest BCUT2D eigenvalue weighted by Crippen LogP contribution is 2.43. The summed E-state index contributed by atoms with van der Waals surface area (Å²) >= 11 is 0. The van der Waals surface area contributed by atoms with Crippen LogP contribution in [0.25, 0.3) is 0 Å². The zero-order valence-corrected chi connectivity index (χ0v) is 15.3. The van der Waals surface area contributed by atoms with Gasteiger partial charge in [0.1, 0.15) is 16.4 Å². The molecular formula is C19H23NO4S. The topological polar surface area (TPSA) is 64.6 Å². The van der Waals surface area contributed by atoms with Gasteiger partial charge in [-0.3, -0.25) is 0 Å². The second kappa shape index (κ2) is 7.06. The normalized spacial score (nSPS) is 16.1. The Bertz CT molecular complexity index is 830. The lowest BCUT2D eigenvalue weighted by atomic mass is 9.64. The second-order valence-corrected chi connectivity index (χ2v) is 8.08. The molecule has 0 aromatic heterocycles. The molecule has 0 radical (unpaired) electrons. The molecule has 0 amide bonds. The van der Waals surface area contributed by atoms with Crippen LogP contribution in [-0.4, -0.2) is 29.2 Å². The Balaban J connectivity index is 1.85. The first-order chi connectivity index (χ1) is 12.0. The summed E-state index contributed by atoms with van der Waals surface area (Å²) in [7, 11) is -0.747. The molecule has 3 rings (SSSR count).